The van der Waals surface area contributed by atoms with E-state index in [0.717, 1.165) is 5.92 Å². The van der Waals surface area contributed by atoms with Gasteiger partial charge < -0.3 is 9.47 Å². The standard InChI is InChI=1S/C15H20N2/c1-16-8-5-12(6-9-16)13-3-4-15-14(11-13)7-10-17(15)2/h3-4,7,10-12H,5-6,8-9H2,1-2H3. The molecule has 2 nitrogen and oxygen atoms in total. The normalized spacial score (nSPS) is 18.9. The highest BCUT2D eigenvalue weighted by molar-refractivity contribution is 5.80. The highest BCUT2D eigenvalue weighted by atomic mass is 15.1. The van der Waals surface area contributed by atoms with Crippen molar-refractivity contribution < 1.29 is 0 Å². The van der Waals surface area contributed by atoms with Crippen molar-refractivity contribution in [1.82, 2.24) is 9.47 Å². The Morgan fingerprint density at radius 2 is 1.82 bits per heavy atom. The molecule has 0 N–H and O–H groups in total. The van der Waals surface area contributed by atoms with Crippen LogP contribution in [0.4, 0.5) is 0 Å². The number of benzene rings is 1. The average Bonchev–Trinajstić information content (AvgIpc) is 2.72. The number of nitrogens with zero attached hydrogens (tertiary/aromatic N) is 2. The van der Waals surface area contributed by atoms with Crippen LogP contribution in [0.15, 0.2) is 30.5 Å². The van der Waals surface area contributed by atoms with Gasteiger partial charge in [0.05, 0.1) is 0 Å². The monoisotopic (exact) mass is 228 g/mol. The van der Waals surface area contributed by atoms with E-state index >= 15 is 0 Å². The summed E-state index contributed by atoms with van der Waals surface area (Å²) in [4.78, 5) is 2.43. The zero-order valence-corrected chi connectivity index (χ0v) is 10.7. The predicted molar refractivity (Wildman–Crippen MR) is 72.4 cm³/mol. The molecule has 2 heteroatoms. The fourth-order valence-corrected chi connectivity index (χ4v) is 2.90. The van der Waals surface area contributed by atoms with Gasteiger partial charge in [0.2, 0.25) is 0 Å². The molecular weight excluding hydrogens is 208 g/mol. The van der Waals surface area contributed by atoms with Gasteiger partial charge in [0, 0.05) is 18.8 Å². The van der Waals surface area contributed by atoms with E-state index in [1.807, 2.05) is 0 Å². The summed E-state index contributed by atoms with van der Waals surface area (Å²) in [5.74, 6) is 0.760. The van der Waals surface area contributed by atoms with Crippen LogP contribution in [-0.2, 0) is 7.05 Å². The summed E-state index contributed by atoms with van der Waals surface area (Å²) in [5, 5.41) is 1.38. The second kappa shape index (κ2) is 4.19. The van der Waals surface area contributed by atoms with Gasteiger partial charge in [0.1, 0.15) is 0 Å². The summed E-state index contributed by atoms with van der Waals surface area (Å²) in [6, 6.07) is 9.18. The van der Waals surface area contributed by atoms with E-state index in [2.05, 4.69) is 54.0 Å². The van der Waals surface area contributed by atoms with Crippen LogP contribution in [0.1, 0.15) is 24.3 Å². The fraction of sp³-hybridized carbons (Fsp3) is 0.467. The Morgan fingerprint density at radius 1 is 1.06 bits per heavy atom. The van der Waals surface area contributed by atoms with Crippen LogP contribution in [0.5, 0.6) is 0 Å². The zero-order chi connectivity index (χ0) is 11.8. The summed E-state index contributed by atoms with van der Waals surface area (Å²) in [6.07, 6.45) is 4.74. The Morgan fingerprint density at radius 3 is 2.59 bits per heavy atom. The first-order chi connectivity index (χ1) is 8.24. The Labute approximate surface area is 103 Å². The molecule has 0 amide bonds. The number of hydrogen-bond acceptors (Lipinski definition) is 1. The fourth-order valence-electron chi connectivity index (χ4n) is 2.90. The SMILES string of the molecule is CN1CCC(c2ccc3c(ccn3C)c2)CC1. The Balaban J connectivity index is 1.90. The van der Waals surface area contributed by atoms with Crippen molar-refractivity contribution in [2.45, 2.75) is 18.8 Å². The van der Waals surface area contributed by atoms with Crippen LogP contribution in [0.2, 0.25) is 0 Å². The topological polar surface area (TPSA) is 8.17 Å². The molecule has 90 valence electrons. The molecule has 0 radical (unpaired) electrons. The summed E-state index contributed by atoms with van der Waals surface area (Å²) >= 11 is 0. The van der Waals surface area contributed by atoms with Crippen LogP contribution in [-0.4, -0.2) is 29.6 Å². The lowest BCUT2D eigenvalue weighted by Crippen LogP contribution is -2.29. The summed E-state index contributed by atoms with van der Waals surface area (Å²) in [5.41, 5.74) is 2.86. The maximum Gasteiger partial charge on any atom is 0.0477 e. The molecule has 2 heterocycles. The lowest BCUT2D eigenvalue weighted by atomic mass is 9.89. The third kappa shape index (κ3) is 1.98. The smallest absolute Gasteiger partial charge is 0.0477 e. The molecule has 0 atom stereocenters. The number of rotatable bonds is 1. The van der Waals surface area contributed by atoms with Crippen LogP contribution >= 0.6 is 0 Å². The Kier molecular flexibility index (Phi) is 2.67. The van der Waals surface area contributed by atoms with Gasteiger partial charge in [-0.3, -0.25) is 0 Å². The van der Waals surface area contributed by atoms with E-state index in [4.69, 9.17) is 0 Å². The van der Waals surface area contributed by atoms with Crippen molar-refractivity contribution in [2.24, 2.45) is 7.05 Å². The lowest BCUT2D eigenvalue weighted by Gasteiger charge is -2.29. The lowest BCUT2D eigenvalue weighted by molar-refractivity contribution is 0.255. The van der Waals surface area contributed by atoms with Crippen molar-refractivity contribution in [3.05, 3.63) is 36.0 Å². The Bertz CT molecular complexity index is 519. The van der Waals surface area contributed by atoms with E-state index in [-0.39, 0.29) is 0 Å². The quantitative estimate of drug-likeness (QED) is 0.728. The first-order valence-electron chi connectivity index (χ1n) is 6.47. The maximum absolute atomic E-state index is 2.43. The third-order valence-corrected chi connectivity index (χ3v) is 4.10. The van der Waals surface area contributed by atoms with E-state index in [1.165, 1.54) is 42.4 Å². The molecule has 1 aliphatic heterocycles. The van der Waals surface area contributed by atoms with Gasteiger partial charge in [-0.25, -0.2) is 0 Å². The highest BCUT2D eigenvalue weighted by Gasteiger charge is 2.18. The van der Waals surface area contributed by atoms with Gasteiger partial charge in [-0.15, -0.1) is 0 Å². The molecule has 1 aromatic heterocycles. The molecule has 1 fully saturated rings. The highest BCUT2D eigenvalue weighted by Crippen LogP contribution is 2.29. The van der Waals surface area contributed by atoms with Gasteiger partial charge >= 0.3 is 0 Å². The average molecular weight is 228 g/mol. The molecule has 0 aliphatic carbocycles. The molecule has 3 rings (SSSR count). The number of piperidine rings is 1. The summed E-state index contributed by atoms with van der Waals surface area (Å²) in [7, 11) is 4.33. The molecule has 0 unspecified atom stereocenters. The number of fused-ring (bicyclic) bond motifs is 1. The molecular formula is C15H20N2. The van der Waals surface area contributed by atoms with Crippen LogP contribution < -0.4 is 0 Å². The number of likely N-dealkylation sites (tertiary alicyclic amines) is 1. The molecule has 1 aromatic carbocycles. The van der Waals surface area contributed by atoms with Gasteiger partial charge in [0.25, 0.3) is 0 Å². The van der Waals surface area contributed by atoms with Gasteiger partial charge in [-0.1, -0.05) is 6.07 Å². The third-order valence-electron chi connectivity index (χ3n) is 4.10. The number of aromatic nitrogens is 1. The molecule has 0 spiro atoms. The maximum atomic E-state index is 2.43. The van der Waals surface area contributed by atoms with Crippen molar-refractivity contribution >= 4 is 10.9 Å². The van der Waals surface area contributed by atoms with Gasteiger partial charge in [-0.05, 0) is 68.0 Å². The van der Waals surface area contributed by atoms with Crippen LogP contribution in [0.25, 0.3) is 10.9 Å². The van der Waals surface area contributed by atoms with Crippen molar-refractivity contribution in [2.75, 3.05) is 20.1 Å². The zero-order valence-electron chi connectivity index (χ0n) is 10.7. The van der Waals surface area contributed by atoms with Crippen LogP contribution in [0, 0.1) is 0 Å². The van der Waals surface area contributed by atoms with E-state index < -0.39 is 0 Å². The summed E-state index contributed by atoms with van der Waals surface area (Å²) in [6.45, 7) is 2.47. The predicted octanol–water partition coefficient (Wildman–Crippen LogP) is 2.99. The minimum absolute atomic E-state index is 0.760. The molecule has 17 heavy (non-hydrogen) atoms. The first kappa shape index (κ1) is 10.8. The molecule has 0 bridgehead atoms. The van der Waals surface area contributed by atoms with Gasteiger partial charge in [0.15, 0.2) is 0 Å². The van der Waals surface area contributed by atoms with Crippen molar-refractivity contribution in [3.8, 4) is 0 Å². The molecule has 2 aromatic rings. The second-order valence-corrected chi connectivity index (χ2v) is 5.32. The minimum atomic E-state index is 0.760. The number of aryl methyl sites for hydroxylation is 1. The van der Waals surface area contributed by atoms with E-state index in [9.17, 15) is 0 Å². The van der Waals surface area contributed by atoms with Gasteiger partial charge in [-0.2, -0.15) is 0 Å². The summed E-state index contributed by atoms with van der Waals surface area (Å²) < 4.78 is 2.19. The van der Waals surface area contributed by atoms with Crippen LogP contribution in [0.3, 0.4) is 0 Å². The minimum Gasteiger partial charge on any atom is -0.351 e. The molecule has 0 saturated carbocycles. The van der Waals surface area contributed by atoms with E-state index in [1.54, 1.807) is 0 Å². The molecule has 1 saturated heterocycles. The second-order valence-electron chi connectivity index (χ2n) is 5.32. The van der Waals surface area contributed by atoms with E-state index in [0.29, 0.717) is 0 Å². The van der Waals surface area contributed by atoms with Crippen molar-refractivity contribution in [3.63, 3.8) is 0 Å². The molecule has 1 aliphatic rings. The first-order valence-corrected chi connectivity index (χ1v) is 6.47. The van der Waals surface area contributed by atoms with Crippen molar-refractivity contribution in [1.29, 1.82) is 0 Å². The number of hydrogen-bond donors (Lipinski definition) is 0. The largest absolute Gasteiger partial charge is 0.351 e. The Hall–Kier alpha value is -1.28.